The van der Waals surface area contributed by atoms with Gasteiger partial charge in [0.25, 0.3) is 5.91 Å². The molecule has 1 fully saturated rings. The molecule has 1 heterocycles. The molecule has 2 rings (SSSR count). The Labute approximate surface area is 138 Å². The van der Waals surface area contributed by atoms with E-state index in [9.17, 15) is 9.59 Å². The monoisotopic (exact) mass is 369 g/mol. The summed E-state index contributed by atoms with van der Waals surface area (Å²) in [5, 5.41) is 8.99. The molecule has 1 saturated heterocycles. The van der Waals surface area contributed by atoms with Crippen molar-refractivity contribution in [3.63, 3.8) is 0 Å². The van der Waals surface area contributed by atoms with Gasteiger partial charge in [0.15, 0.2) is 6.10 Å². The maximum absolute atomic E-state index is 12.4. The highest BCUT2D eigenvalue weighted by molar-refractivity contribution is 9.10. The Hall–Kier alpha value is -1.56. The molecule has 1 aliphatic heterocycles. The summed E-state index contributed by atoms with van der Waals surface area (Å²) >= 11 is 3.43. The first-order valence-corrected chi connectivity index (χ1v) is 8.12. The van der Waals surface area contributed by atoms with Crippen LogP contribution in [-0.4, -0.2) is 41.1 Å². The molecule has 1 aromatic carbocycles. The fourth-order valence-corrected chi connectivity index (χ4v) is 3.13. The summed E-state index contributed by atoms with van der Waals surface area (Å²) < 4.78 is 6.55. The largest absolute Gasteiger partial charge is 0.481 e. The molecule has 0 aliphatic carbocycles. The molecule has 1 amide bonds. The van der Waals surface area contributed by atoms with Crippen molar-refractivity contribution in [2.24, 2.45) is 5.92 Å². The fraction of sp³-hybridized carbons (Fsp3) is 0.500. The maximum Gasteiger partial charge on any atom is 0.306 e. The SMILES string of the molecule is Cc1ccc(OC(C)C(=O)N2CCC(C(=O)O)CC2)c(Br)c1. The second kappa shape index (κ2) is 7.13. The molecule has 6 heteroatoms. The number of carbonyl (C=O) groups excluding carboxylic acids is 1. The van der Waals surface area contributed by atoms with Gasteiger partial charge in [-0.05, 0) is 60.3 Å². The number of hydrogen-bond donors (Lipinski definition) is 1. The molecule has 22 heavy (non-hydrogen) atoms. The lowest BCUT2D eigenvalue weighted by Gasteiger charge is -2.32. The minimum Gasteiger partial charge on any atom is -0.481 e. The summed E-state index contributed by atoms with van der Waals surface area (Å²) in [6, 6.07) is 5.69. The van der Waals surface area contributed by atoms with Crippen molar-refractivity contribution in [1.82, 2.24) is 4.90 Å². The highest BCUT2D eigenvalue weighted by Gasteiger charge is 2.29. The number of ether oxygens (including phenoxy) is 1. The number of aliphatic carboxylic acids is 1. The zero-order valence-corrected chi connectivity index (χ0v) is 14.3. The van der Waals surface area contributed by atoms with E-state index in [-0.39, 0.29) is 11.8 Å². The van der Waals surface area contributed by atoms with Crippen molar-refractivity contribution < 1.29 is 19.4 Å². The van der Waals surface area contributed by atoms with Crippen molar-refractivity contribution in [2.75, 3.05) is 13.1 Å². The lowest BCUT2D eigenvalue weighted by Crippen LogP contribution is -2.45. The van der Waals surface area contributed by atoms with Crippen molar-refractivity contribution in [2.45, 2.75) is 32.8 Å². The van der Waals surface area contributed by atoms with Gasteiger partial charge in [-0.3, -0.25) is 9.59 Å². The predicted octanol–water partition coefficient (Wildman–Crippen LogP) is 2.85. The third-order valence-electron chi connectivity index (χ3n) is 3.89. The van der Waals surface area contributed by atoms with Crippen molar-refractivity contribution in [3.8, 4) is 5.75 Å². The Morgan fingerprint density at radius 1 is 1.36 bits per heavy atom. The molecule has 0 aromatic heterocycles. The van der Waals surface area contributed by atoms with E-state index >= 15 is 0 Å². The van der Waals surface area contributed by atoms with Crippen LogP contribution in [0, 0.1) is 12.8 Å². The summed E-state index contributed by atoms with van der Waals surface area (Å²) in [4.78, 5) is 25.0. The van der Waals surface area contributed by atoms with E-state index in [0.29, 0.717) is 31.7 Å². The highest BCUT2D eigenvalue weighted by atomic mass is 79.9. The van der Waals surface area contributed by atoms with Crippen molar-refractivity contribution >= 4 is 27.8 Å². The zero-order chi connectivity index (χ0) is 16.3. The lowest BCUT2D eigenvalue weighted by atomic mass is 9.97. The maximum atomic E-state index is 12.4. The summed E-state index contributed by atoms with van der Waals surface area (Å²) in [5.74, 6) is -0.588. The highest BCUT2D eigenvalue weighted by Crippen LogP contribution is 2.27. The average molecular weight is 370 g/mol. The molecule has 120 valence electrons. The fourth-order valence-electron chi connectivity index (χ4n) is 2.55. The van der Waals surface area contributed by atoms with Gasteiger partial charge in [0, 0.05) is 13.1 Å². The number of benzene rings is 1. The van der Waals surface area contributed by atoms with Gasteiger partial charge in [0.2, 0.25) is 0 Å². The topological polar surface area (TPSA) is 66.8 Å². The molecule has 5 nitrogen and oxygen atoms in total. The van der Waals surface area contributed by atoms with Gasteiger partial charge in [-0.1, -0.05) is 6.07 Å². The van der Waals surface area contributed by atoms with Crippen LogP contribution in [0.3, 0.4) is 0 Å². The number of rotatable bonds is 4. The van der Waals surface area contributed by atoms with E-state index in [1.165, 1.54) is 0 Å². The van der Waals surface area contributed by atoms with Gasteiger partial charge < -0.3 is 14.7 Å². The average Bonchev–Trinajstić information content (AvgIpc) is 2.49. The molecule has 1 aromatic rings. The van der Waals surface area contributed by atoms with Gasteiger partial charge in [0.05, 0.1) is 10.4 Å². The van der Waals surface area contributed by atoms with Crippen molar-refractivity contribution in [3.05, 3.63) is 28.2 Å². The normalized spacial score (nSPS) is 17.1. The Morgan fingerprint density at radius 3 is 2.55 bits per heavy atom. The van der Waals surface area contributed by atoms with E-state index in [1.807, 2.05) is 25.1 Å². The van der Waals surface area contributed by atoms with E-state index in [4.69, 9.17) is 9.84 Å². The Bertz CT molecular complexity index is 567. The first-order valence-electron chi connectivity index (χ1n) is 7.33. The van der Waals surface area contributed by atoms with E-state index in [2.05, 4.69) is 15.9 Å². The van der Waals surface area contributed by atoms with Gasteiger partial charge >= 0.3 is 5.97 Å². The van der Waals surface area contributed by atoms with Crippen LogP contribution in [0.1, 0.15) is 25.3 Å². The Balaban J connectivity index is 1.94. The lowest BCUT2D eigenvalue weighted by molar-refractivity contribution is -0.147. The second-order valence-corrected chi connectivity index (χ2v) is 6.49. The van der Waals surface area contributed by atoms with E-state index in [1.54, 1.807) is 11.8 Å². The predicted molar refractivity (Wildman–Crippen MR) is 85.9 cm³/mol. The molecule has 1 N–H and O–H groups in total. The molecule has 1 atom stereocenters. The first kappa shape index (κ1) is 16.8. The standard InChI is InChI=1S/C16H20BrNO4/c1-10-3-4-14(13(17)9-10)22-11(2)15(19)18-7-5-12(6-8-18)16(20)21/h3-4,9,11-12H,5-8H2,1-2H3,(H,20,21). The van der Waals surface area contributed by atoms with Crippen LogP contribution in [0.25, 0.3) is 0 Å². The minimum absolute atomic E-state index is 0.101. The van der Waals surface area contributed by atoms with Crippen molar-refractivity contribution in [1.29, 1.82) is 0 Å². The van der Waals surface area contributed by atoms with Crippen LogP contribution in [-0.2, 0) is 9.59 Å². The van der Waals surface area contributed by atoms with Crippen LogP contribution in [0.2, 0.25) is 0 Å². The summed E-state index contributed by atoms with van der Waals surface area (Å²) in [6.45, 7) is 4.64. The van der Waals surface area contributed by atoms with E-state index < -0.39 is 12.1 Å². The van der Waals surface area contributed by atoms with Crippen LogP contribution < -0.4 is 4.74 Å². The third-order valence-corrected chi connectivity index (χ3v) is 4.51. The number of carboxylic acid groups (broad SMARTS) is 1. The number of carbonyl (C=O) groups is 2. The summed E-state index contributed by atoms with van der Waals surface area (Å²) in [5.41, 5.74) is 1.11. The number of piperidine rings is 1. The molecule has 1 aliphatic rings. The van der Waals surface area contributed by atoms with Gasteiger partial charge in [-0.15, -0.1) is 0 Å². The summed E-state index contributed by atoms with van der Waals surface area (Å²) in [6.07, 6.45) is 0.407. The number of nitrogens with zero attached hydrogens (tertiary/aromatic N) is 1. The van der Waals surface area contributed by atoms with Gasteiger partial charge in [-0.2, -0.15) is 0 Å². The molecule has 0 saturated carbocycles. The number of hydrogen-bond acceptors (Lipinski definition) is 3. The zero-order valence-electron chi connectivity index (χ0n) is 12.7. The van der Waals surface area contributed by atoms with Crippen LogP contribution >= 0.6 is 15.9 Å². The molecular formula is C16H20BrNO4. The number of halogens is 1. The molecule has 1 unspecified atom stereocenters. The smallest absolute Gasteiger partial charge is 0.306 e. The number of carboxylic acids is 1. The van der Waals surface area contributed by atoms with Crippen LogP contribution in [0.4, 0.5) is 0 Å². The number of likely N-dealkylation sites (tertiary alicyclic amines) is 1. The molecule has 0 bridgehead atoms. The number of amides is 1. The van der Waals surface area contributed by atoms with E-state index in [0.717, 1.165) is 10.0 Å². The third kappa shape index (κ3) is 4.00. The van der Waals surface area contributed by atoms with Gasteiger partial charge in [0.1, 0.15) is 5.75 Å². The molecule has 0 spiro atoms. The van der Waals surface area contributed by atoms with Crippen LogP contribution in [0.15, 0.2) is 22.7 Å². The Morgan fingerprint density at radius 2 is 2.00 bits per heavy atom. The second-order valence-electron chi connectivity index (χ2n) is 5.63. The quantitative estimate of drug-likeness (QED) is 0.885. The summed E-state index contributed by atoms with van der Waals surface area (Å²) in [7, 11) is 0. The molecule has 0 radical (unpaired) electrons. The first-order chi connectivity index (χ1) is 10.4. The minimum atomic E-state index is -0.778. The Kier molecular flexibility index (Phi) is 5.45. The van der Waals surface area contributed by atoms with Crippen LogP contribution in [0.5, 0.6) is 5.75 Å². The number of aryl methyl sites for hydroxylation is 1. The van der Waals surface area contributed by atoms with Gasteiger partial charge in [-0.25, -0.2) is 0 Å². The molecular weight excluding hydrogens is 350 g/mol.